The number of thiazole rings is 1. The molecule has 1 N–H and O–H groups in total. The van der Waals surface area contributed by atoms with Gasteiger partial charge in [0.2, 0.25) is 0 Å². The van der Waals surface area contributed by atoms with Crippen LogP contribution >= 0.6 is 23.1 Å². The molecule has 0 aliphatic heterocycles. The molecule has 0 unspecified atom stereocenters. The van der Waals surface area contributed by atoms with E-state index in [-0.39, 0.29) is 5.91 Å². The largest absolute Gasteiger partial charge is 0.385 e. The standard InChI is InChI=1S/C16H20N2O2S2/c1-12-18-13(10-21-12)11-22-15-7-4-3-6-14(15)16(19)17-8-5-9-20-2/h3-4,6-7,10H,5,8-9,11H2,1-2H3,(H,17,19). The molecular formula is C16H20N2O2S2. The Morgan fingerprint density at radius 3 is 2.95 bits per heavy atom. The minimum absolute atomic E-state index is 0.0336. The highest BCUT2D eigenvalue weighted by Gasteiger charge is 2.11. The number of thioether (sulfide) groups is 1. The highest BCUT2D eigenvalue weighted by atomic mass is 32.2. The molecule has 0 aliphatic rings. The van der Waals surface area contributed by atoms with Gasteiger partial charge in [-0.15, -0.1) is 23.1 Å². The molecule has 0 spiro atoms. The lowest BCUT2D eigenvalue weighted by molar-refractivity contribution is 0.0945. The third-order valence-corrected chi connectivity index (χ3v) is 4.91. The summed E-state index contributed by atoms with van der Waals surface area (Å²) in [5.74, 6) is 0.742. The van der Waals surface area contributed by atoms with Gasteiger partial charge in [0.25, 0.3) is 5.91 Å². The summed E-state index contributed by atoms with van der Waals surface area (Å²) in [4.78, 5) is 17.7. The van der Waals surface area contributed by atoms with Crippen molar-refractivity contribution < 1.29 is 9.53 Å². The minimum Gasteiger partial charge on any atom is -0.385 e. The lowest BCUT2D eigenvalue weighted by Crippen LogP contribution is -2.25. The van der Waals surface area contributed by atoms with Gasteiger partial charge >= 0.3 is 0 Å². The molecule has 0 radical (unpaired) electrons. The van der Waals surface area contributed by atoms with Gasteiger partial charge in [-0.1, -0.05) is 12.1 Å². The van der Waals surface area contributed by atoms with Crippen LogP contribution in [0.15, 0.2) is 34.5 Å². The fourth-order valence-electron chi connectivity index (χ4n) is 1.92. The number of benzene rings is 1. The lowest BCUT2D eigenvalue weighted by atomic mass is 10.2. The van der Waals surface area contributed by atoms with E-state index in [0.29, 0.717) is 13.2 Å². The molecule has 0 saturated carbocycles. The topological polar surface area (TPSA) is 51.2 Å². The molecule has 118 valence electrons. The number of aromatic nitrogens is 1. The van der Waals surface area contributed by atoms with Crippen LogP contribution in [-0.2, 0) is 10.5 Å². The Bertz CT molecular complexity index is 614. The zero-order valence-electron chi connectivity index (χ0n) is 12.8. The molecule has 1 aromatic carbocycles. The summed E-state index contributed by atoms with van der Waals surface area (Å²) in [6.07, 6.45) is 0.815. The number of hydrogen-bond donors (Lipinski definition) is 1. The second kappa shape index (κ2) is 8.92. The van der Waals surface area contributed by atoms with E-state index < -0.39 is 0 Å². The number of hydrogen-bond acceptors (Lipinski definition) is 5. The number of amides is 1. The molecule has 0 aliphatic carbocycles. The van der Waals surface area contributed by atoms with Gasteiger partial charge in [-0.25, -0.2) is 4.98 Å². The normalized spacial score (nSPS) is 10.6. The summed E-state index contributed by atoms with van der Waals surface area (Å²) in [5, 5.41) is 6.07. The Morgan fingerprint density at radius 1 is 1.41 bits per heavy atom. The molecule has 0 saturated heterocycles. The Morgan fingerprint density at radius 2 is 2.23 bits per heavy atom. The van der Waals surface area contributed by atoms with Crippen molar-refractivity contribution in [1.29, 1.82) is 0 Å². The molecule has 0 bridgehead atoms. The van der Waals surface area contributed by atoms with Crippen LogP contribution in [0.1, 0.15) is 27.5 Å². The van der Waals surface area contributed by atoms with Gasteiger partial charge in [-0.05, 0) is 25.5 Å². The zero-order valence-corrected chi connectivity index (χ0v) is 14.4. The molecule has 22 heavy (non-hydrogen) atoms. The SMILES string of the molecule is COCCCNC(=O)c1ccccc1SCc1csc(C)n1. The number of nitrogens with zero attached hydrogens (tertiary/aromatic N) is 1. The number of ether oxygens (including phenoxy) is 1. The van der Waals surface area contributed by atoms with E-state index in [1.165, 1.54) is 0 Å². The number of aryl methyl sites for hydroxylation is 1. The number of carbonyl (C=O) groups excluding carboxylic acids is 1. The van der Waals surface area contributed by atoms with Gasteiger partial charge in [0.15, 0.2) is 0 Å². The Labute approximate surface area is 139 Å². The summed E-state index contributed by atoms with van der Waals surface area (Å²) in [6.45, 7) is 3.27. The van der Waals surface area contributed by atoms with E-state index in [2.05, 4.69) is 15.7 Å². The molecule has 0 fully saturated rings. The average molecular weight is 336 g/mol. The Hall–Kier alpha value is -1.37. The summed E-state index contributed by atoms with van der Waals surface area (Å²) < 4.78 is 4.98. The van der Waals surface area contributed by atoms with Gasteiger partial charge in [-0.2, -0.15) is 0 Å². The van der Waals surface area contributed by atoms with Crippen LogP contribution in [-0.4, -0.2) is 31.2 Å². The second-order valence-corrected chi connectivity index (χ2v) is 6.82. The first-order chi connectivity index (χ1) is 10.7. The van der Waals surface area contributed by atoms with Crippen molar-refractivity contribution in [2.45, 2.75) is 24.0 Å². The van der Waals surface area contributed by atoms with Gasteiger partial charge in [0.05, 0.1) is 16.3 Å². The van der Waals surface area contributed by atoms with Gasteiger partial charge in [0, 0.05) is 36.3 Å². The van der Waals surface area contributed by atoms with Crippen molar-refractivity contribution in [1.82, 2.24) is 10.3 Å². The summed E-state index contributed by atoms with van der Waals surface area (Å²) in [5.41, 5.74) is 1.78. The van der Waals surface area contributed by atoms with Gasteiger partial charge < -0.3 is 10.1 Å². The first kappa shape index (κ1) is 17.0. The van der Waals surface area contributed by atoms with Crippen LogP contribution < -0.4 is 5.32 Å². The quantitative estimate of drug-likeness (QED) is 0.592. The number of nitrogens with one attached hydrogen (secondary N) is 1. The first-order valence-electron chi connectivity index (χ1n) is 7.10. The van der Waals surface area contributed by atoms with Crippen LogP contribution in [0.2, 0.25) is 0 Å². The summed E-state index contributed by atoms with van der Waals surface area (Å²) in [7, 11) is 1.66. The fourth-order valence-corrected chi connectivity index (χ4v) is 3.58. The molecule has 1 heterocycles. The van der Waals surface area contributed by atoms with Crippen LogP contribution in [0.25, 0.3) is 0 Å². The van der Waals surface area contributed by atoms with Crippen LogP contribution in [0.4, 0.5) is 0 Å². The molecule has 2 aromatic rings. The van der Waals surface area contributed by atoms with Gasteiger partial charge in [0.1, 0.15) is 0 Å². The van der Waals surface area contributed by atoms with Crippen LogP contribution in [0.3, 0.4) is 0 Å². The van der Waals surface area contributed by atoms with Crippen molar-refractivity contribution in [3.8, 4) is 0 Å². The molecule has 6 heteroatoms. The van der Waals surface area contributed by atoms with Crippen LogP contribution in [0, 0.1) is 6.92 Å². The van der Waals surface area contributed by atoms with E-state index in [0.717, 1.165) is 33.3 Å². The molecule has 4 nitrogen and oxygen atoms in total. The second-order valence-electron chi connectivity index (χ2n) is 4.74. The van der Waals surface area contributed by atoms with E-state index in [1.807, 2.05) is 31.2 Å². The van der Waals surface area contributed by atoms with E-state index in [4.69, 9.17) is 4.74 Å². The zero-order chi connectivity index (χ0) is 15.8. The van der Waals surface area contributed by atoms with Crippen LogP contribution in [0.5, 0.6) is 0 Å². The van der Waals surface area contributed by atoms with E-state index in [9.17, 15) is 4.79 Å². The predicted molar refractivity (Wildman–Crippen MR) is 91.7 cm³/mol. The van der Waals surface area contributed by atoms with E-state index in [1.54, 1.807) is 30.2 Å². The molecular weight excluding hydrogens is 316 g/mol. The summed E-state index contributed by atoms with van der Waals surface area (Å²) >= 11 is 3.29. The molecule has 2 rings (SSSR count). The highest BCUT2D eigenvalue weighted by Crippen LogP contribution is 2.26. The van der Waals surface area contributed by atoms with Crippen molar-refractivity contribution in [2.75, 3.05) is 20.3 Å². The Balaban J connectivity index is 1.95. The average Bonchev–Trinajstić information content (AvgIpc) is 2.95. The molecule has 1 amide bonds. The minimum atomic E-state index is -0.0336. The molecule has 1 aromatic heterocycles. The van der Waals surface area contributed by atoms with E-state index >= 15 is 0 Å². The fraction of sp³-hybridized carbons (Fsp3) is 0.375. The maximum atomic E-state index is 12.3. The highest BCUT2D eigenvalue weighted by molar-refractivity contribution is 7.98. The van der Waals surface area contributed by atoms with Crippen molar-refractivity contribution in [3.05, 3.63) is 45.9 Å². The smallest absolute Gasteiger partial charge is 0.252 e. The maximum Gasteiger partial charge on any atom is 0.252 e. The predicted octanol–water partition coefficient (Wildman–Crippen LogP) is 3.51. The third-order valence-electron chi connectivity index (χ3n) is 2.98. The molecule has 0 atom stereocenters. The van der Waals surface area contributed by atoms with Gasteiger partial charge in [-0.3, -0.25) is 4.79 Å². The Kier molecular flexibility index (Phi) is 6.89. The number of rotatable bonds is 8. The van der Waals surface area contributed by atoms with Crippen molar-refractivity contribution in [2.24, 2.45) is 0 Å². The van der Waals surface area contributed by atoms with Crippen molar-refractivity contribution in [3.63, 3.8) is 0 Å². The lowest BCUT2D eigenvalue weighted by Gasteiger charge is -2.09. The third kappa shape index (κ3) is 5.12. The number of carbonyl (C=O) groups is 1. The monoisotopic (exact) mass is 336 g/mol. The first-order valence-corrected chi connectivity index (χ1v) is 8.97. The van der Waals surface area contributed by atoms with Crippen molar-refractivity contribution >= 4 is 29.0 Å². The summed E-state index contributed by atoms with van der Waals surface area (Å²) in [6, 6.07) is 7.69. The number of methoxy groups -OCH3 is 1. The maximum absolute atomic E-state index is 12.3.